The highest BCUT2D eigenvalue weighted by Gasteiger charge is 2.21. The van der Waals surface area contributed by atoms with Crippen LogP contribution >= 0.6 is 0 Å². The predicted octanol–water partition coefficient (Wildman–Crippen LogP) is 4.89. The Balaban J connectivity index is 1.19. The topological polar surface area (TPSA) is 100 Å². The largest absolute Gasteiger partial charge is 0.354 e. The van der Waals surface area contributed by atoms with Gasteiger partial charge in [-0.15, -0.1) is 0 Å². The molecule has 0 aliphatic carbocycles. The highest BCUT2D eigenvalue weighted by molar-refractivity contribution is 5.94. The second kappa shape index (κ2) is 10.9. The van der Waals surface area contributed by atoms with Gasteiger partial charge in [0.1, 0.15) is 11.6 Å². The Hall–Kier alpha value is -4.79. The number of pyridine rings is 2. The normalized spacial score (nSPS) is 15.0. The van der Waals surface area contributed by atoms with Gasteiger partial charge in [-0.05, 0) is 74.2 Å². The lowest BCUT2D eigenvalue weighted by Crippen LogP contribution is -2.27. The van der Waals surface area contributed by atoms with Crippen molar-refractivity contribution in [1.29, 1.82) is 0 Å². The van der Waals surface area contributed by atoms with Crippen LogP contribution in [0, 0.1) is 0 Å². The minimum absolute atomic E-state index is 0.103. The number of carbonyl (C=O) groups is 1. The molecule has 1 unspecified atom stereocenters. The van der Waals surface area contributed by atoms with Gasteiger partial charge in [-0.3, -0.25) is 9.78 Å². The van der Waals surface area contributed by atoms with Crippen LogP contribution in [0.15, 0.2) is 85.5 Å². The standard InChI is InChI=1S/C30H30N8O/c1-21-4-3-18-37(21)28-6-2-5-27(35-28)34-26-20-25(36-38-19-17-32-29(26)38)23-7-9-24(10-8-23)30(39)33-16-13-22-11-14-31-15-12-22/h2,5-12,14-15,17,19-21H,3-4,13,16,18H2,1H3,(H,33,39)(H,34,35). The third kappa shape index (κ3) is 5.43. The molecule has 0 spiro atoms. The summed E-state index contributed by atoms with van der Waals surface area (Å²) in [4.78, 5) is 28.4. The lowest BCUT2D eigenvalue weighted by atomic mass is 10.1. The molecule has 1 saturated heterocycles. The number of nitrogens with zero attached hydrogens (tertiary/aromatic N) is 6. The van der Waals surface area contributed by atoms with Gasteiger partial charge >= 0.3 is 0 Å². The first kappa shape index (κ1) is 24.5. The van der Waals surface area contributed by atoms with Gasteiger partial charge in [-0.1, -0.05) is 18.2 Å². The molecule has 1 aliphatic rings. The van der Waals surface area contributed by atoms with Crippen LogP contribution in [0.5, 0.6) is 0 Å². The third-order valence-electron chi connectivity index (χ3n) is 7.09. The van der Waals surface area contributed by atoms with E-state index >= 15 is 0 Å². The predicted molar refractivity (Wildman–Crippen MR) is 152 cm³/mol. The molecule has 0 bridgehead atoms. The second-order valence-corrected chi connectivity index (χ2v) is 9.77. The van der Waals surface area contributed by atoms with Crippen molar-refractivity contribution < 1.29 is 4.79 Å². The van der Waals surface area contributed by atoms with Gasteiger partial charge < -0.3 is 15.5 Å². The molecule has 6 rings (SSSR count). The second-order valence-electron chi connectivity index (χ2n) is 9.77. The van der Waals surface area contributed by atoms with Crippen LogP contribution in [-0.2, 0) is 6.42 Å². The molecule has 4 aromatic heterocycles. The van der Waals surface area contributed by atoms with Crippen molar-refractivity contribution in [3.05, 3.63) is 96.6 Å². The average Bonchev–Trinajstić information content (AvgIpc) is 3.63. The highest BCUT2D eigenvalue weighted by atomic mass is 16.1. The number of benzene rings is 1. The van der Waals surface area contributed by atoms with Crippen LogP contribution in [-0.4, -0.2) is 49.6 Å². The van der Waals surface area contributed by atoms with Gasteiger partial charge in [0.25, 0.3) is 5.91 Å². The lowest BCUT2D eigenvalue weighted by molar-refractivity contribution is 0.0954. The fourth-order valence-electron chi connectivity index (χ4n) is 4.98. The third-order valence-corrected chi connectivity index (χ3v) is 7.09. The van der Waals surface area contributed by atoms with E-state index in [1.807, 2.05) is 60.8 Å². The summed E-state index contributed by atoms with van der Waals surface area (Å²) in [5.41, 5.74) is 4.92. The van der Waals surface area contributed by atoms with Crippen molar-refractivity contribution >= 4 is 28.9 Å². The Morgan fingerprint density at radius 2 is 1.90 bits per heavy atom. The Labute approximate surface area is 227 Å². The number of carbonyl (C=O) groups excluding carboxylic acids is 1. The summed E-state index contributed by atoms with van der Waals surface area (Å²) in [6.07, 6.45) is 10.2. The molecule has 1 amide bonds. The summed E-state index contributed by atoms with van der Waals surface area (Å²) in [7, 11) is 0. The summed E-state index contributed by atoms with van der Waals surface area (Å²) in [5, 5.41) is 11.2. The average molecular weight is 519 g/mol. The highest BCUT2D eigenvalue weighted by Crippen LogP contribution is 2.28. The monoisotopic (exact) mass is 518 g/mol. The molecule has 1 aliphatic heterocycles. The van der Waals surface area contributed by atoms with E-state index < -0.39 is 0 Å². The molecular weight excluding hydrogens is 488 g/mol. The molecule has 1 fully saturated rings. The SMILES string of the molecule is CC1CCCN1c1cccc(Nc2cc(-c3ccc(C(=O)NCCc4ccncc4)cc3)nn3ccnc23)n1. The molecule has 2 N–H and O–H groups in total. The number of amides is 1. The van der Waals surface area contributed by atoms with E-state index in [0.29, 0.717) is 23.8 Å². The van der Waals surface area contributed by atoms with Gasteiger partial charge in [0, 0.05) is 55.0 Å². The van der Waals surface area contributed by atoms with Crippen LogP contribution < -0.4 is 15.5 Å². The van der Waals surface area contributed by atoms with Gasteiger partial charge in [-0.25, -0.2) is 14.5 Å². The quantitative estimate of drug-likeness (QED) is 0.302. The van der Waals surface area contributed by atoms with E-state index in [1.165, 1.54) is 12.8 Å². The van der Waals surface area contributed by atoms with Gasteiger partial charge in [0.05, 0.1) is 11.4 Å². The number of imidazole rings is 1. The molecule has 39 heavy (non-hydrogen) atoms. The zero-order chi connectivity index (χ0) is 26.6. The Morgan fingerprint density at radius 3 is 2.69 bits per heavy atom. The maximum absolute atomic E-state index is 12.7. The summed E-state index contributed by atoms with van der Waals surface area (Å²) in [6.45, 7) is 3.83. The smallest absolute Gasteiger partial charge is 0.251 e. The summed E-state index contributed by atoms with van der Waals surface area (Å²) in [6, 6.07) is 19.9. The zero-order valence-electron chi connectivity index (χ0n) is 21.8. The van der Waals surface area contributed by atoms with Crippen molar-refractivity contribution in [2.75, 3.05) is 23.3 Å². The Bertz CT molecular complexity index is 1580. The van der Waals surface area contributed by atoms with E-state index in [4.69, 9.17) is 10.1 Å². The molecule has 0 radical (unpaired) electrons. The summed E-state index contributed by atoms with van der Waals surface area (Å²) in [5.74, 6) is 1.63. The van der Waals surface area contributed by atoms with Gasteiger partial charge in [-0.2, -0.15) is 5.10 Å². The zero-order valence-corrected chi connectivity index (χ0v) is 21.8. The molecule has 196 valence electrons. The lowest BCUT2D eigenvalue weighted by Gasteiger charge is -2.23. The Kier molecular flexibility index (Phi) is 6.86. The van der Waals surface area contributed by atoms with Crippen molar-refractivity contribution in [2.45, 2.75) is 32.2 Å². The molecular formula is C30H30N8O. The Morgan fingerprint density at radius 1 is 1.05 bits per heavy atom. The van der Waals surface area contributed by atoms with Crippen molar-refractivity contribution in [3.8, 4) is 11.3 Å². The first-order chi connectivity index (χ1) is 19.1. The van der Waals surface area contributed by atoms with Crippen LogP contribution in [0.2, 0.25) is 0 Å². The molecule has 1 atom stereocenters. The number of hydrogen-bond acceptors (Lipinski definition) is 7. The van der Waals surface area contributed by atoms with Crippen molar-refractivity contribution in [3.63, 3.8) is 0 Å². The molecule has 9 nitrogen and oxygen atoms in total. The number of nitrogens with one attached hydrogen (secondary N) is 2. The van der Waals surface area contributed by atoms with Crippen LogP contribution in [0.25, 0.3) is 16.9 Å². The molecule has 5 heterocycles. The minimum atomic E-state index is -0.103. The van der Waals surface area contributed by atoms with Crippen molar-refractivity contribution in [1.82, 2.24) is 29.9 Å². The summed E-state index contributed by atoms with van der Waals surface area (Å²) >= 11 is 0. The van der Waals surface area contributed by atoms with E-state index in [9.17, 15) is 4.79 Å². The van der Waals surface area contributed by atoms with Crippen molar-refractivity contribution in [2.24, 2.45) is 0 Å². The van der Waals surface area contributed by atoms with Crippen LogP contribution in [0.4, 0.5) is 17.3 Å². The van der Waals surface area contributed by atoms with Gasteiger partial charge in [0.2, 0.25) is 0 Å². The first-order valence-corrected chi connectivity index (χ1v) is 13.3. The summed E-state index contributed by atoms with van der Waals surface area (Å²) < 4.78 is 1.75. The number of hydrogen-bond donors (Lipinski definition) is 2. The maximum Gasteiger partial charge on any atom is 0.251 e. The van der Waals surface area contributed by atoms with E-state index in [-0.39, 0.29) is 5.91 Å². The number of rotatable bonds is 8. The fourth-order valence-corrected chi connectivity index (χ4v) is 4.98. The van der Waals surface area contributed by atoms with E-state index in [1.54, 1.807) is 23.1 Å². The first-order valence-electron chi connectivity index (χ1n) is 13.3. The molecule has 9 heteroatoms. The number of anilines is 3. The maximum atomic E-state index is 12.7. The number of fused-ring (bicyclic) bond motifs is 1. The molecule has 5 aromatic rings. The fraction of sp³-hybridized carbons (Fsp3) is 0.233. The van der Waals surface area contributed by atoms with Crippen LogP contribution in [0.1, 0.15) is 35.7 Å². The van der Waals surface area contributed by atoms with Gasteiger partial charge in [0.15, 0.2) is 5.65 Å². The molecule has 1 aromatic carbocycles. The van der Waals surface area contributed by atoms with E-state index in [0.717, 1.165) is 47.1 Å². The minimum Gasteiger partial charge on any atom is -0.354 e. The van der Waals surface area contributed by atoms with Crippen LogP contribution in [0.3, 0.4) is 0 Å². The van der Waals surface area contributed by atoms with E-state index in [2.05, 4.69) is 38.5 Å². The molecule has 0 saturated carbocycles. The number of aromatic nitrogens is 5.